The fourth-order valence-corrected chi connectivity index (χ4v) is 1.20. The second kappa shape index (κ2) is 3.68. The van der Waals surface area contributed by atoms with Crippen LogP contribution in [0.3, 0.4) is 0 Å². The molecule has 3 nitrogen and oxygen atoms in total. The molecule has 0 saturated carbocycles. The molecule has 1 heterocycles. The van der Waals surface area contributed by atoms with Crippen LogP contribution in [-0.2, 0) is 0 Å². The Bertz CT molecular complexity index is 468. The molecule has 0 saturated heterocycles. The molecule has 1 N–H and O–H groups in total. The fraction of sp³-hybridized carbons (Fsp3) is 0.100. The van der Waals surface area contributed by atoms with E-state index in [1.165, 1.54) is 6.07 Å². The van der Waals surface area contributed by atoms with E-state index in [1.54, 1.807) is 18.2 Å². The lowest BCUT2D eigenvalue weighted by atomic mass is 10.1. The van der Waals surface area contributed by atoms with Gasteiger partial charge in [-0.15, -0.1) is 0 Å². The van der Waals surface area contributed by atoms with E-state index < -0.39 is 12.1 Å². The van der Waals surface area contributed by atoms with Crippen molar-refractivity contribution in [3.8, 4) is 17.1 Å². The van der Waals surface area contributed by atoms with Crippen molar-refractivity contribution in [1.82, 2.24) is 5.16 Å². The van der Waals surface area contributed by atoms with Gasteiger partial charge in [-0.2, -0.15) is 0 Å². The molecular formula is C10H7F2NO2. The summed E-state index contributed by atoms with van der Waals surface area (Å²) >= 11 is 0. The third-order valence-corrected chi connectivity index (χ3v) is 1.92. The third-order valence-electron chi connectivity index (χ3n) is 1.92. The molecule has 0 atom stereocenters. The lowest BCUT2D eigenvalue weighted by Crippen LogP contribution is -1.80. The fourth-order valence-electron chi connectivity index (χ4n) is 1.20. The Hall–Kier alpha value is -1.91. The molecular weight excluding hydrogens is 204 g/mol. The van der Waals surface area contributed by atoms with Crippen LogP contribution in [0.25, 0.3) is 11.3 Å². The highest BCUT2D eigenvalue weighted by atomic mass is 19.3. The molecule has 2 aromatic rings. The maximum atomic E-state index is 12.2. The lowest BCUT2D eigenvalue weighted by Gasteiger charge is -1.97. The molecule has 0 radical (unpaired) electrons. The van der Waals surface area contributed by atoms with Crippen LogP contribution in [0.2, 0.25) is 0 Å². The van der Waals surface area contributed by atoms with E-state index >= 15 is 0 Å². The number of halogens is 2. The summed E-state index contributed by atoms with van der Waals surface area (Å²) in [6, 6.07) is 7.41. The van der Waals surface area contributed by atoms with E-state index in [2.05, 4.69) is 5.16 Å². The van der Waals surface area contributed by atoms with Crippen LogP contribution in [0.5, 0.6) is 5.75 Å². The van der Waals surface area contributed by atoms with Gasteiger partial charge in [0.1, 0.15) is 11.4 Å². The van der Waals surface area contributed by atoms with E-state index in [9.17, 15) is 13.9 Å². The Labute approximate surface area is 83.9 Å². The van der Waals surface area contributed by atoms with Gasteiger partial charge in [0.05, 0.1) is 5.56 Å². The molecule has 15 heavy (non-hydrogen) atoms. The molecule has 0 spiro atoms. The minimum absolute atomic E-state index is 0.0329. The zero-order valence-corrected chi connectivity index (χ0v) is 7.52. The summed E-state index contributed by atoms with van der Waals surface area (Å²) in [5, 5.41) is 12.6. The van der Waals surface area contributed by atoms with E-state index in [0.29, 0.717) is 5.56 Å². The number of aromatic hydroxyl groups is 1. The predicted octanol–water partition coefficient (Wildman–Crippen LogP) is 2.98. The minimum Gasteiger partial charge on any atom is -0.507 e. The zero-order chi connectivity index (χ0) is 10.8. The molecule has 0 aliphatic carbocycles. The Kier molecular flexibility index (Phi) is 2.37. The van der Waals surface area contributed by atoms with Crippen molar-refractivity contribution in [2.75, 3.05) is 0 Å². The highest BCUT2D eigenvalue weighted by Crippen LogP contribution is 2.30. The first-order valence-electron chi connectivity index (χ1n) is 4.21. The van der Waals surface area contributed by atoms with Crippen LogP contribution in [-0.4, -0.2) is 10.3 Å². The number of phenolic OH excluding ortho intramolecular Hbond substituents is 1. The first-order chi connectivity index (χ1) is 7.18. The Morgan fingerprint density at radius 3 is 2.60 bits per heavy atom. The van der Waals surface area contributed by atoms with E-state index in [-0.39, 0.29) is 11.5 Å². The van der Waals surface area contributed by atoms with Crippen molar-refractivity contribution in [2.24, 2.45) is 0 Å². The summed E-state index contributed by atoms with van der Waals surface area (Å²) < 4.78 is 29.1. The molecule has 2 rings (SSSR count). The molecule has 0 aliphatic heterocycles. The van der Waals surface area contributed by atoms with Crippen LogP contribution < -0.4 is 0 Å². The zero-order valence-electron chi connectivity index (χ0n) is 7.52. The van der Waals surface area contributed by atoms with Crippen molar-refractivity contribution in [3.05, 3.63) is 36.0 Å². The lowest BCUT2D eigenvalue weighted by molar-refractivity contribution is 0.140. The number of para-hydroxylation sites is 1. The van der Waals surface area contributed by atoms with Crippen LogP contribution in [0.4, 0.5) is 8.78 Å². The number of hydrogen-bond donors (Lipinski definition) is 1. The Morgan fingerprint density at radius 2 is 2.00 bits per heavy atom. The molecule has 0 bridgehead atoms. The minimum atomic E-state index is -2.67. The number of rotatable bonds is 2. The molecule has 0 amide bonds. The summed E-state index contributed by atoms with van der Waals surface area (Å²) in [4.78, 5) is 0. The average molecular weight is 211 g/mol. The number of hydrogen-bond acceptors (Lipinski definition) is 3. The van der Waals surface area contributed by atoms with Crippen molar-refractivity contribution < 1.29 is 18.4 Å². The standard InChI is InChI=1S/C10H7F2NO2/c11-10(12)7-5-9(15-13-7)6-3-1-2-4-8(6)14/h1-5,10,14H. The van der Waals surface area contributed by atoms with Gasteiger partial charge in [0, 0.05) is 6.07 Å². The summed E-state index contributed by atoms with van der Waals surface area (Å²) in [6.45, 7) is 0. The summed E-state index contributed by atoms with van der Waals surface area (Å²) in [6.07, 6.45) is -2.67. The van der Waals surface area contributed by atoms with Crippen molar-refractivity contribution in [2.45, 2.75) is 6.43 Å². The SMILES string of the molecule is Oc1ccccc1-c1cc(C(F)F)no1. The summed E-state index contributed by atoms with van der Waals surface area (Å²) in [5.41, 5.74) is -0.0925. The van der Waals surface area contributed by atoms with Crippen molar-refractivity contribution in [3.63, 3.8) is 0 Å². The van der Waals surface area contributed by atoms with Gasteiger partial charge in [0.25, 0.3) is 6.43 Å². The van der Waals surface area contributed by atoms with Crippen LogP contribution >= 0.6 is 0 Å². The van der Waals surface area contributed by atoms with Gasteiger partial charge in [-0.1, -0.05) is 17.3 Å². The van der Waals surface area contributed by atoms with Crippen LogP contribution in [0.15, 0.2) is 34.9 Å². The van der Waals surface area contributed by atoms with Crippen molar-refractivity contribution in [1.29, 1.82) is 0 Å². The van der Waals surface area contributed by atoms with Gasteiger partial charge in [-0.3, -0.25) is 0 Å². The molecule has 1 aromatic carbocycles. The summed E-state index contributed by atoms with van der Waals surface area (Å²) in [5.74, 6) is 0.0952. The highest BCUT2D eigenvalue weighted by Gasteiger charge is 2.16. The Balaban J connectivity index is 2.42. The first kappa shape index (κ1) is 9.64. The van der Waals surface area contributed by atoms with Gasteiger partial charge < -0.3 is 9.63 Å². The van der Waals surface area contributed by atoms with E-state index in [1.807, 2.05) is 0 Å². The van der Waals surface area contributed by atoms with E-state index in [0.717, 1.165) is 6.07 Å². The van der Waals surface area contributed by atoms with Crippen molar-refractivity contribution >= 4 is 0 Å². The number of benzene rings is 1. The highest BCUT2D eigenvalue weighted by molar-refractivity contribution is 5.65. The quantitative estimate of drug-likeness (QED) is 0.830. The van der Waals surface area contributed by atoms with E-state index in [4.69, 9.17) is 4.52 Å². The smallest absolute Gasteiger partial charge is 0.283 e. The molecule has 0 fully saturated rings. The number of phenols is 1. The van der Waals surface area contributed by atoms with Gasteiger partial charge >= 0.3 is 0 Å². The van der Waals surface area contributed by atoms with Gasteiger partial charge in [0.15, 0.2) is 5.76 Å². The molecule has 0 aliphatic rings. The number of nitrogens with zero attached hydrogens (tertiary/aromatic N) is 1. The third kappa shape index (κ3) is 1.81. The predicted molar refractivity (Wildman–Crippen MR) is 48.6 cm³/mol. The maximum Gasteiger partial charge on any atom is 0.283 e. The van der Waals surface area contributed by atoms with Gasteiger partial charge in [-0.25, -0.2) is 8.78 Å². The average Bonchev–Trinajstić information content (AvgIpc) is 2.67. The topological polar surface area (TPSA) is 46.3 Å². The Morgan fingerprint density at radius 1 is 1.27 bits per heavy atom. The molecule has 5 heteroatoms. The molecule has 1 aromatic heterocycles. The second-order valence-corrected chi connectivity index (χ2v) is 2.93. The number of aromatic nitrogens is 1. The van der Waals surface area contributed by atoms with Gasteiger partial charge in [0.2, 0.25) is 0 Å². The van der Waals surface area contributed by atoms with Gasteiger partial charge in [-0.05, 0) is 12.1 Å². The largest absolute Gasteiger partial charge is 0.507 e. The monoisotopic (exact) mass is 211 g/mol. The first-order valence-corrected chi connectivity index (χ1v) is 4.21. The second-order valence-electron chi connectivity index (χ2n) is 2.93. The number of alkyl halides is 2. The normalized spacial score (nSPS) is 10.9. The molecule has 78 valence electrons. The summed E-state index contributed by atoms with van der Waals surface area (Å²) in [7, 11) is 0. The van der Waals surface area contributed by atoms with Crippen LogP contribution in [0, 0.1) is 0 Å². The maximum absolute atomic E-state index is 12.2. The molecule has 0 unspecified atom stereocenters. The van der Waals surface area contributed by atoms with Crippen LogP contribution in [0.1, 0.15) is 12.1 Å².